The van der Waals surface area contributed by atoms with Gasteiger partial charge in [-0.3, -0.25) is 4.90 Å². The molecule has 2 atom stereocenters. The zero-order chi connectivity index (χ0) is 14.4. The lowest BCUT2D eigenvalue weighted by molar-refractivity contribution is 0.0958. The number of benzene rings is 1. The summed E-state index contributed by atoms with van der Waals surface area (Å²) in [5.41, 5.74) is 8.69. The molecule has 2 unspecified atom stereocenters. The molecule has 1 aromatic rings. The number of nitrogens with two attached hydrogens (primary N) is 1. The summed E-state index contributed by atoms with van der Waals surface area (Å²) in [7, 11) is 1.75. The van der Waals surface area contributed by atoms with Crippen LogP contribution in [0.25, 0.3) is 0 Å². The Balaban J connectivity index is 2.25. The smallest absolute Gasteiger partial charge is 0.0713 e. The van der Waals surface area contributed by atoms with E-state index in [1.165, 1.54) is 36.9 Å². The Bertz CT molecular complexity index is 406. The molecule has 0 amide bonds. The van der Waals surface area contributed by atoms with Crippen LogP contribution in [0.1, 0.15) is 43.4 Å². The van der Waals surface area contributed by atoms with Gasteiger partial charge in [-0.05, 0) is 55.9 Å². The molecule has 112 valence electrons. The first-order valence-corrected chi connectivity index (χ1v) is 7.82. The Hall–Kier alpha value is -0.900. The largest absolute Gasteiger partial charge is 0.380 e. The van der Waals surface area contributed by atoms with Gasteiger partial charge in [-0.2, -0.15) is 0 Å². The van der Waals surface area contributed by atoms with Gasteiger partial charge in [0, 0.05) is 13.2 Å². The molecular formula is C17H28N2O. The molecule has 1 aromatic carbocycles. The van der Waals surface area contributed by atoms with Gasteiger partial charge in [-0.25, -0.2) is 0 Å². The number of hydrogen-bond donors (Lipinski definition) is 1. The second kappa shape index (κ2) is 7.77. The van der Waals surface area contributed by atoms with Crippen LogP contribution in [0.15, 0.2) is 24.3 Å². The van der Waals surface area contributed by atoms with E-state index in [-0.39, 0.29) is 0 Å². The fourth-order valence-electron chi connectivity index (χ4n) is 3.45. The molecule has 0 radical (unpaired) electrons. The maximum Gasteiger partial charge on any atom is 0.0713 e. The number of nitrogens with zero attached hydrogens (tertiary/aromatic N) is 1. The van der Waals surface area contributed by atoms with E-state index < -0.39 is 0 Å². The molecule has 3 heteroatoms. The molecule has 20 heavy (non-hydrogen) atoms. The lowest BCUT2D eigenvalue weighted by Gasteiger charge is -2.41. The zero-order valence-electron chi connectivity index (χ0n) is 12.8. The highest BCUT2D eigenvalue weighted by Crippen LogP contribution is 2.35. The van der Waals surface area contributed by atoms with Gasteiger partial charge < -0.3 is 10.5 Å². The third kappa shape index (κ3) is 3.60. The topological polar surface area (TPSA) is 38.5 Å². The van der Waals surface area contributed by atoms with Crippen LogP contribution in [0.3, 0.4) is 0 Å². The summed E-state index contributed by atoms with van der Waals surface area (Å²) >= 11 is 0. The zero-order valence-corrected chi connectivity index (χ0v) is 12.8. The third-order valence-corrected chi connectivity index (χ3v) is 4.28. The average Bonchev–Trinajstić information content (AvgIpc) is 2.48. The number of piperidine rings is 1. The van der Waals surface area contributed by atoms with Crippen LogP contribution in [0.5, 0.6) is 0 Å². The fraction of sp³-hybridized carbons (Fsp3) is 0.647. The van der Waals surface area contributed by atoms with Crippen molar-refractivity contribution in [2.45, 2.75) is 38.8 Å². The van der Waals surface area contributed by atoms with Gasteiger partial charge in [0.1, 0.15) is 0 Å². The van der Waals surface area contributed by atoms with Gasteiger partial charge in [-0.1, -0.05) is 31.2 Å². The summed E-state index contributed by atoms with van der Waals surface area (Å²) in [6.07, 6.45) is 3.72. The molecule has 1 aliphatic heterocycles. The minimum Gasteiger partial charge on any atom is -0.380 e. The van der Waals surface area contributed by atoms with Crippen molar-refractivity contribution in [2.75, 3.05) is 26.7 Å². The number of ether oxygens (including phenoxy) is 1. The van der Waals surface area contributed by atoms with E-state index in [0.29, 0.717) is 18.6 Å². The highest BCUT2D eigenvalue weighted by molar-refractivity contribution is 5.27. The number of likely N-dealkylation sites (tertiary alicyclic amines) is 1. The second-order valence-electron chi connectivity index (χ2n) is 5.80. The minimum atomic E-state index is 0.477. The van der Waals surface area contributed by atoms with Crippen molar-refractivity contribution in [1.82, 2.24) is 4.90 Å². The minimum absolute atomic E-state index is 0.477. The SMILES string of the molecule is CCCN1CCCC(CN)C1c1cccc(COC)c1. The molecule has 2 rings (SSSR count). The molecule has 1 saturated heterocycles. The molecule has 1 heterocycles. The number of hydrogen-bond acceptors (Lipinski definition) is 3. The van der Waals surface area contributed by atoms with Crippen molar-refractivity contribution >= 4 is 0 Å². The maximum atomic E-state index is 6.03. The van der Waals surface area contributed by atoms with E-state index in [4.69, 9.17) is 10.5 Å². The van der Waals surface area contributed by atoms with Crippen LogP contribution in [0, 0.1) is 5.92 Å². The summed E-state index contributed by atoms with van der Waals surface area (Å²) in [6.45, 7) is 6.07. The Morgan fingerprint density at radius 1 is 1.40 bits per heavy atom. The Kier molecular flexibility index (Phi) is 6.02. The molecule has 0 aromatic heterocycles. The van der Waals surface area contributed by atoms with Crippen LogP contribution < -0.4 is 5.73 Å². The van der Waals surface area contributed by atoms with Crippen molar-refractivity contribution in [1.29, 1.82) is 0 Å². The molecule has 0 aliphatic carbocycles. The quantitative estimate of drug-likeness (QED) is 0.868. The summed E-state index contributed by atoms with van der Waals surface area (Å²) < 4.78 is 5.26. The summed E-state index contributed by atoms with van der Waals surface area (Å²) in [5, 5.41) is 0. The molecule has 0 bridgehead atoms. The van der Waals surface area contributed by atoms with Gasteiger partial charge in [0.25, 0.3) is 0 Å². The number of rotatable bonds is 6. The Labute approximate surface area is 123 Å². The van der Waals surface area contributed by atoms with E-state index in [2.05, 4.69) is 36.1 Å². The van der Waals surface area contributed by atoms with Gasteiger partial charge in [-0.15, -0.1) is 0 Å². The lowest BCUT2D eigenvalue weighted by Crippen LogP contribution is -2.41. The molecular weight excluding hydrogens is 248 g/mol. The molecule has 1 fully saturated rings. The van der Waals surface area contributed by atoms with E-state index >= 15 is 0 Å². The summed E-state index contributed by atoms with van der Waals surface area (Å²) in [6, 6.07) is 9.31. The normalized spacial score (nSPS) is 23.9. The summed E-state index contributed by atoms with van der Waals surface area (Å²) in [4.78, 5) is 2.62. The van der Waals surface area contributed by atoms with Crippen molar-refractivity contribution in [2.24, 2.45) is 11.7 Å². The maximum absolute atomic E-state index is 6.03. The van der Waals surface area contributed by atoms with Crippen LogP contribution in [0.4, 0.5) is 0 Å². The van der Waals surface area contributed by atoms with Gasteiger partial charge in [0.2, 0.25) is 0 Å². The highest BCUT2D eigenvalue weighted by atomic mass is 16.5. The Morgan fingerprint density at radius 2 is 2.25 bits per heavy atom. The predicted octanol–water partition coefficient (Wildman–Crippen LogP) is 2.95. The van der Waals surface area contributed by atoms with E-state index in [1.807, 2.05) is 0 Å². The van der Waals surface area contributed by atoms with Crippen LogP contribution in [-0.2, 0) is 11.3 Å². The standard InChI is InChI=1S/C17H28N2O/c1-3-9-19-10-5-8-16(12-18)17(19)15-7-4-6-14(11-15)13-20-2/h4,6-7,11,16-17H,3,5,8-10,12-13,18H2,1-2H3. The lowest BCUT2D eigenvalue weighted by atomic mass is 9.84. The first kappa shape index (κ1) is 15.5. The van der Waals surface area contributed by atoms with Crippen molar-refractivity contribution < 1.29 is 4.74 Å². The first-order valence-electron chi connectivity index (χ1n) is 7.82. The van der Waals surface area contributed by atoms with Crippen LogP contribution in [0.2, 0.25) is 0 Å². The molecule has 2 N–H and O–H groups in total. The monoisotopic (exact) mass is 276 g/mol. The highest BCUT2D eigenvalue weighted by Gasteiger charge is 2.31. The second-order valence-corrected chi connectivity index (χ2v) is 5.80. The van der Waals surface area contributed by atoms with Crippen molar-refractivity contribution in [3.8, 4) is 0 Å². The molecule has 3 nitrogen and oxygen atoms in total. The van der Waals surface area contributed by atoms with Gasteiger partial charge in [0.15, 0.2) is 0 Å². The Morgan fingerprint density at radius 3 is 2.95 bits per heavy atom. The van der Waals surface area contributed by atoms with Crippen LogP contribution >= 0.6 is 0 Å². The van der Waals surface area contributed by atoms with Crippen molar-refractivity contribution in [3.63, 3.8) is 0 Å². The third-order valence-electron chi connectivity index (χ3n) is 4.28. The van der Waals surface area contributed by atoms with E-state index in [0.717, 1.165) is 13.1 Å². The van der Waals surface area contributed by atoms with Gasteiger partial charge in [0.05, 0.1) is 6.61 Å². The first-order chi connectivity index (χ1) is 9.80. The predicted molar refractivity (Wildman–Crippen MR) is 83.5 cm³/mol. The van der Waals surface area contributed by atoms with E-state index in [1.54, 1.807) is 7.11 Å². The molecule has 0 saturated carbocycles. The van der Waals surface area contributed by atoms with Crippen molar-refractivity contribution in [3.05, 3.63) is 35.4 Å². The fourth-order valence-corrected chi connectivity index (χ4v) is 3.45. The summed E-state index contributed by atoms with van der Waals surface area (Å²) in [5.74, 6) is 0.577. The van der Waals surface area contributed by atoms with Crippen LogP contribution in [-0.4, -0.2) is 31.6 Å². The van der Waals surface area contributed by atoms with Gasteiger partial charge >= 0.3 is 0 Å². The number of methoxy groups -OCH3 is 1. The molecule has 1 aliphatic rings. The van der Waals surface area contributed by atoms with E-state index in [9.17, 15) is 0 Å². The molecule has 0 spiro atoms. The average molecular weight is 276 g/mol.